The lowest BCUT2D eigenvalue weighted by atomic mass is 10.1. The number of aromatic nitrogens is 4. The van der Waals surface area contributed by atoms with Crippen LogP contribution in [0.1, 0.15) is 36.5 Å². The third-order valence-electron chi connectivity index (χ3n) is 5.59. The first-order valence-electron chi connectivity index (χ1n) is 11.5. The van der Waals surface area contributed by atoms with Crippen molar-refractivity contribution in [3.63, 3.8) is 0 Å². The van der Waals surface area contributed by atoms with Crippen molar-refractivity contribution in [2.45, 2.75) is 38.9 Å². The standard InChI is InChI=1S/C21H26N6O2.C2HF3O2/c1-2-26-21(29)19-18(23-26)10-14-27(24-19)17-8-6-16(7-9-17)20(28)22-11-15-25-12-4-3-5-13-25;3-2(4,5)1(6)7/h6-10,14H,2-5,11-13,15H2,1H3,(H,22,28);(H,6,7). The lowest BCUT2D eigenvalue weighted by Crippen LogP contribution is -2.37. The maximum absolute atomic E-state index is 12.4. The van der Waals surface area contributed by atoms with Crippen LogP contribution in [0.4, 0.5) is 13.2 Å². The molecule has 0 unspecified atom stereocenters. The van der Waals surface area contributed by atoms with Gasteiger partial charge in [-0.25, -0.2) is 14.2 Å². The van der Waals surface area contributed by atoms with Crippen LogP contribution in [0, 0.1) is 0 Å². The van der Waals surface area contributed by atoms with E-state index in [2.05, 4.69) is 20.4 Å². The zero-order chi connectivity index (χ0) is 26.3. The Labute approximate surface area is 204 Å². The Balaban J connectivity index is 0.000000454. The lowest BCUT2D eigenvalue weighted by molar-refractivity contribution is -0.192. The van der Waals surface area contributed by atoms with Gasteiger partial charge in [0.15, 0.2) is 5.69 Å². The molecule has 0 saturated carbocycles. The largest absolute Gasteiger partial charge is 0.490 e. The highest BCUT2D eigenvalue weighted by Crippen LogP contribution is 2.15. The number of carboxylic acid groups (broad SMARTS) is 1. The molecule has 1 aromatic carbocycles. The second-order valence-corrected chi connectivity index (χ2v) is 8.12. The topological polar surface area (TPSA) is 122 Å². The SMILES string of the molecule is CCn1nc2ccn(-c3ccc(C(=O)NCCN4CCCCC4)cc3)nc-2c1=O.O=C(O)C(F)(F)F. The maximum atomic E-state index is 12.4. The fraction of sp³-hybridized carbons (Fsp3) is 0.435. The first-order chi connectivity index (χ1) is 17.1. The number of carboxylic acids is 1. The molecule has 3 heterocycles. The van der Waals surface area contributed by atoms with Gasteiger partial charge in [-0.2, -0.15) is 23.4 Å². The molecule has 2 N–H and O–H groups in total. The summed E-state index contributed by atoms with van der Waals surface area (Å²) >= 11 is 0. The average Bonchev–Trinajstić information content (AvgIpc) is 3.19. The third kappa shape index (κ3) is 6.90. The van der Waals surface area contributed by atoms with E-state index >= 15 is 0 Å². The smallest absolute Gasteiger partial charge is 0.475 e. The fourth-order valence-corrected chi connectivity index (χ4v) is 3.68. The van der Waals surface area contributed by atoms with Crippen LogP contribution in [0.25, 0.3) is 17.1 Å². The Bertz CT molecular complexity index is 1200. The summed E-state index contributed by atoms with van der Waals surface area (Å²) in [6, 6.07) is 8.98. The Morgan fingerprint density at radius 1 is 1.06 bits per heavy atom. The second kappa shape index (κ2) is 11.8. The van der Waals surface area contributed by atoms with Gasteiger partial charge in [0.25, 0.3) is 11.5 Å². The van der Waals surface area contributed by atoms with Crippen molar-refractivity contribution in [1.82, 2.24) is 29.8 Å². The number of halogens is 3. The molecular weight excluding hydrogens is 481 g/mol. The molecular formula is C23H27F3N6O4. The van der Waals surface area contributed by atoms with Crippen molar-refractivity contribution >= 4 is 11.9 Å². The number of aryl methyl sites for hydroxylation is 1. The van der Waals surface area contributed by atoms with E-state index < -0.39 is 12.1 Å². The van der Waals surface area contributed by atoms with E-state index in [4.69, 9.17) is 9.90 Å². The number of piperidine rings is 1. The molecule has 3 aliphatic rings. The molecule has 10 nitrogen and oxygen atoms in total. The van der Waals surface area contributed by atoms with Crippen molar-refractivity contribution < 1.29 is 27.9 Å². The summed E-state index contributed by atoms with van der Waals surface area (Å²) in [7, 11) is 0. The van der Waals surface area contributed by atoms with Gasteiger partial charge in [0.1, 0.15) is 5.69 Å². The number of alkyl halides is 3. The van der Waals surface area contributed by atoms with Gasteiger partial charge in [-0.1, -0.05) is 6.42 Å². The van der Waals surface area contributed by atoms with Crippen molar-refractivity contribution in [2.75, 3.05) is 26.2 Å². The van der Waals surface area contributed by atoms with Crippen LogP contribution in [0.5, 0.6) is 0 Å². The normalized spacial score (nSPS) is 14.2. The summed E-state index contributed by atoms with van der Waals surface area (Å²) in [5.74, 6) is -2.83. The summed E-state index contributed by atoms with van der Waals surface area (Å²) in [5.41, 5.74) is 2.12. The molecule has 0 aliphatic carbocycles. The number of aliphatic carboxylic acids is 1. The number of nitrogens with one attached hydrogen (secondary N) is 1. The highest BCUT2D eigenvalue weighted by molar-refractivity contribution is 5.94. The molecule has 194 valence electrons. The van der Waals surface area contributed by atoms with Crippen LogP contribution < -0.4 is 10.9 Å². The van der Waals surface area contributed by atoms with Crippen molar-refractivity contribution in [1.29, 1.82) is 0 Å². The molecule has 1 aromatic rings. The predicted octanol–water partition coefficient (Wildman–Crippen LogP) is 2.40. The molecule has 1 amide bonds. The van der Waals surface area contributed by atoms with Crippen LogP contribution in [-0.4, -0.2) is 73.8 Å². The lowest BCUT2D eigenvalue weighted by Gasteiger charge is -2.26. The molecule has 1 saturated heterocycles. The van der Waals surface area contributed by atoms with Crippen molar-refractivity contribution in [2.24, 2.45) is 0 Å². The maximum Gasteiger partial charge on any atom is 0.490 e. The van der Waals surface area contributed by atoms with E-state index in [-0.39, 0.29) is 11.5 Å². The zero-order valence-electron chi connectivity index (χ0n) is 19.7. The van der Waals surface area contributed by atoms with E-state index in [0.29, 0.717) is 30.0 Å². The summed E-state index contributed by atoms with van der Waals surface area (Å²) in [4.78, 5) is 35.9. The van der Waals surface area contributed by atoms with Crippen molar-refractivity contribution in [3.8, 4) is 17.1 Å². The van der Waals surface area contributed by atoms with Gasteiger partial charge in [-0.05, 0) is 63.2 Å². The molecule has 36 heavy (non-hydrogen) atoms. The van der Waals surface area contributed by atoms with Crippen LogP contribution in [0.3, 0.4) is 0 Å². The van der Waals surface area contributed by atoms with E-state index in [1.54, 1.807) is 29.1 Å². The minimum atomic E-state index is -5.08. The number of benzene rings is 1. The summed E-state index contributed by atoms with van der Waals surface area (Å²) in [6.45, 7) is 6.19. The Morgan fingerprint density at radius 2 is 1.69 bits per heavy atom. The van der Waals surface area contributed by atoms with E-state index in [9.17, 15) is 22.8 Å². The molecule has 0 atom stereocenters. The van der Waals surface area contributed by atoms with Crippen LogP contribution in [-0.2, 0) is 11.3 Å². The Hall–Kier alpha value is -3.74. The van der Waals surface area contributed by atoms with Crippen LogP contribution in [0.2, 0.25) is 0 Å². The number of carbonyl (C=O) groups excluding carboxylic acids is 1. The number of hydrogen-bond acceptors (Lipinski definition) is 6. The Morgan fingerprint density at radius 3 is 2.28 bits per heavy atom. The van der Waals surface area contributed by atoms with E-state index in [1.807, 2.05) is 19.1 Å². The van der Waals surface area contributed by atoms with Gasteiger partial charge < -0.3 is 15.3 Å². The molecule has 13 heteroatoms. The van der Waals surface area contributed by atoms with Gasteiger partial charge in [-0.15, -0.1) is 0 Å². The summed E-state index contributed by atoms with van der Waals surface area (Å²) < 4.78 is 34.8. The number of likely N-dealkylation sites (tertiary alicyclic amines) is 1. The zero-order valence-corrected chi connectivity index (χ0v) is 19.7. The number of nitrogens with zero attached hydrogens (tertiary/aromatic N) is 5. The first-order valence-corrected chi connectivity index (χ1v) is 11.5. The minimum absolute atomic E-state index is 0.0759. The van der Waals surface area contributed by atoms with Gasteiger partial charge in [0.2, 0.25) is 0 Å². The average molecular weight is 509 g/mol. The molecule has 1 fully saturated rings. The van der Waals surface area contributed by atoms with Gasteiger partial charge in [-0.3, -0.25) is 9.59 Å². The highest BCUT2D eigenvalue weighted by Gasteiger charge is 2.38. The monoisotopic (exact) mass is 508 g/mol. The quantitative estimate of drug-likeness (QED) is 0.524. The van der Waals surface area contributed by atoms with Gasteiger partial charge >= 0.3 is 12.1 Å². The molecule has 4 rings (SSSR count). The van der Waals surface area contributed by atoms with Crippen molar-refractivity contribution in [3.05, 3.63) is 52.4 Å². The summed E-state index contributed by atoms with van der Waals surface area (Å²) in [6.07, 6.45) is 0.495. The number of rotatable bonds is 6. The molecule has 0 aromatic heterocycles. The second-order valence-electron chi connectivity index (χ2n) is 8.12. The van der Waals surface area contributed by atoms with Crippen LogP contribution >= 0.6 is 0 Å². The highest BCUT2D eigenvalue weighted by atomic mass is 19.4. The van der Waals surface area contributed by atoms with E-state index in [0.717, 1.165) is 25.3 Å². The van der Waals surface area contributed by atoms with Crippen LogP contribution in [0.15, 0.2) is 41.3 Å². The predicted molar refractivity (Wildman–Crippen MR) is 124 cm³/mol. The minimum Gasteiger partial charge on any atom is -0.475 e. The Kier molecular flexibility index (Phi) is 8.80. The molecule has 0 bridgehead atoms. The molecule has 3 aliphatic heterocycles. The van der Waals surface area contributed by atoms with Gasteiger partial charge in [0.05, 0.1) is 5.69 Å². The fourth-order valence-electron chi connectivity index (χ4n) is 3.68. The van der Waals surface area contributed by atoms with E-state index in [1.165, 1.54) is 23.9 Å². The third-order valence-corrected chi connectivity index (χ3v) is 5.59. The number of hydrogen-bond donors (Lipinski definition) is 2. The number of amides is 1. The summed E-state index contributed by atoms with van der Waals surface area (Å²) in [5, 5.41) is 18.8. The van der Waals surface area contributed by atoms with Gasteiger partial charge in [0, 0.05) is 31.4 Å². The number of carbonyl (C=O) groups is 2. The molecule has 0 radical (unpaired) electrons. The number of fused-ring (bicyclic) bond motifs is 1. The first kappa shape index (κ1) is 26.9. The molecule has 0 spiro atoms.